The van der Waals surface area contributed by atoms with Crippen molar-refractivity contribution in [1.29, 1.82) is 5.26 Å². The number of hydrogen-bond donors (Lipinski definition) is 1. The van der Waals surface area contributed by atoms with Crippen molar-refractivity contribution in [1.82, 2.24) is 9.61 Å². The molecule has 0 saturated carbocycles. The SMILES string of the molecule is CCc1nn2ccccc2c1C(=O)c1cc(I)c(O)c(C#N)c1. The van der Waals surface area contributed by atoms with Crippen LogP contribution >= 0.6 is 22.6 Å². The fourth-order valence-corrected chi connectivity index (χ4v) is 3.13. The summed E-state index contributed by atoms with van der Waals surface area (Å²) in [7, 11) is 0. The summed E-state index contributed by atoms with van der Waals surface area (Å²) in [5, 5.41) is 23.4. The monoisotopic (exact) mass is 417 g/mol. The summed E-state index contributed by atoms with van der Waals surface area (Å²) in [4.78, 5) is 13.0. The van der Waals surface area contributed by atoms with Crippen LogP contribution < -0.4 is 0 Å². The Morgan fingerprint density at radius 1 is 1.43 bits per heavy atom. The van der Waals surface area contributed by atoms with Crippen molar-refractivity contribution < 1.29 is 9.90 Å². The van der Waals surface area contributed by atoms with Crippen molar-refractivity contribution in [2.75, 3.05) is 0 Å². The van der Waals surface area contributed by atoms with Gasteiger partial charge in [0.2, 0.25) is 0 Å². The van der Waals surface area contributed by atoms with Crippen LogP contribution in [0.5, 0.6) is 5.75 Å². The Labute approximate surface area is 146 Å². The molecule has 0 saturated heterocycles. The summed E-state index contributed by atoms with van der Waals surface area (Å²) >= 11 is 1.91. The number of ketones is 1. The van der Waals surface area contributed by atoms with E-state index in [1.54, 1.807) is 16.8 Å². The average molecular weight is 417 g/mol. The van der Waals surface area contributed by atoms with E-state index in [1.165, 1.54) is 6.07 Å². The fourth-order valence-electron chi connectivity index (χ4n) is 2.50. The third kappa shape index (κ3) is 2.57. The molecule has 1 N–H and O–H groups in total. The lowest BCUT2D eigenvalue weighted by molar-refractivity contribution is 0.103. The molecule has 23 heavy (non-hydrogen) atoms. The number of rotatable bonds is 3. The van der Waals surface area contributed by atoms with E-state index in [4.69, 9.17) is 5.26 Å². The summed E-state index contributed by atoms with van der Waals surface area (Å²) in [5.41, 5.74) is 2.45. The maximum atomic E-state index is 13.0. The van der Waals surface area contributed by atoms with Crippen LogP contribution in [-0.2, 0) is 6.42 Å². The Morgan fingerprint density at radius 2 is 2.22 bits per heavy atom. The van der Waals surface area contributed by atoms with Gasteiger partial charge in [0.05, 0.1) is 25.9 Å². The van der Waals surface area contributed by atoms with Gasteiger partial charge < -0.3 is 5.11 Å². The lowest BCUT2D eigenvalue weighted by Crippen LogP contribution is -2.05. The molecule has 0 aliphatic carbocycles. The fraction of sp³-hybridized carbons (Fsp3) is 0.118. The van der Waals surface area contributed by atoms with Gasteiger partial charge in [-0.3, -0.25) is 4.79 Å². The highest BCUT2D eigenvalue weighted by molar-refractivity contribution is 14.1. The number of aromatic hydroxyl groups is 1. The second kappa shape index (κ2) is 6.01. The van der Waals surface area contributed by atoms with E-state index in [1.807, 2.05) is 53.8 Å². The van der Waals surface area contributed by atoms with Crippen LogP contribution in [0.2, 0.25) is 0 Å². The van der Waals surface area contributed by atoms with Crippen LogP contribution in [0.25, 0.3) is 5.52 Å². The van der Waals surface area contributed by atoms with Crippen LogP contribution in [0.1, 0.15) is 34.1 Å². The number of nitrogens with zero attached hydrogens (tertiary/aromatic N) is 3. The lowest BCUT2D eigenvalue weighted by Gasteiger charge is -2.05. The quantitative estimate of drug-likeness (QED) is 0.524. The van der Waals surface area contributed by atoms with Crippen molar-refractivity contribution in [2.45, 2.75) is 13.3 Å². The largest absolute Gasteiger partial charge is 0.505 e. The number of pyridine rings is 1. The van der Waals surface area contributed by atoms with Gasteiger partial charge in [-0.1, -0.05) is 13.0 Å². The number of phenols is 1. The van der Waals surface area contributed by atoms with E-state index in [-0.39, 0.29) is 17.1 Å². The van der Waals surface area contributed by atoms with Crippen LogP contribution in [0.4, 0.5) is 0 Å². The highest BCUT2D eigenvalue weighted by Crippen LogP contribution is 2.28. The molecule has 0 unspecified atom stereocenters. The number of phenolic OH excluding ortho intramolecular Hbond substituents is 1. The molecule has 0 radical (unpaired) electrons. The zero-order chi connectivity index (χ0) is 16.6. The maximum Gasteiger partial charge on any atom is 0.197 e. The van der Waals surface area contributed by atoms with Crippen molar-refractivity contribution in [2.24, 2.45) is 0 Å². The van der Waals surface area contributed by atoms with Gasteiger partial charge in [-0.05, 0) is 53.3 Å². The summed E-state index contributed by atoms with van der Waals surface area (Å²) in [6.45, 7) is 1.94. The van der Waals surface area contributed by atoms with Gasteiger partial charge >= 0.3 is 0 Å². The van der Waals surface area contributed by atoms with E-state index in [9.17, 15) is 9.90 Å². The van der Waals surface area contributed by atoms with Gasteiger partial charge in [-0.25, -0.2) is 4.52 Å². The minimum atomic E-state index is -0.197. The number of carbonyl (C=O) groups excluding carboxylic acids is 1. The second-order valence-corrected chi connectivity index (χ2v) is 6.16. The van der Waals surface area contributed by atoms with E-state index in [0.29, 0.717) is 26.8 Å². The Hall–Kier alpha value is -2.40. The van der Waals surface area contributed by atoms with Gasteiger partial charge in [0, 0.05) is 11.8 Å². The summed E-state index contributed by atoms with van der Waals surface area (Å²) in [6, 6.07) is 10.5. The van der Waals surface area contributed by atoms with E-state index < -0.39 is 0 Å². The number of benzene rings is 1. The Bertz CT molecular complexity index is 970. The number of nitriles is 1. The van der Waals surface area contributed by atoms with Crippen molar-refractivity contribution >= 4 is 33.9 Å². The Morgan fingerprint density at radius 3 is 2.91 bits per heavy atom. The van der Waals surface area contributed by atoms with Crippen LogP contribution in [-0.4, -0.2) is 20.5 Å². The number of aromatic nitrogens is 2. The number of aryl methyl sites for hydroxylation is 1. The predicted molar refractivity (Wildman–Crippen MR) is 93.5 cm³/mol. The maximum absolute atomic E-state index is 13.0. The normalized spacial score (nSPS) is 10.7. The molecule has 1 aromatic carbocycles. The number of halogens is 1. The molecule has 0 atom stereocenters. The van der Waals surface area contributed by atoms with Gasteiger partial charge in [0.25, 0.3) is 0 Å². The zero-order valence-electron chi connectivity index (χ0n) is 12.2. The van der Waals surface area contributed by atoms with E-state index in [2.05, 4.69) is 5.10 Å². The highest BCUT2D eigenvalue weighted by Gasteiger charge is 2.21. The molecular formula is C17H12IN3O2. The topological polar surface area (TPSA) is 78.4 Å². The summed E-state index contributed by atoms with van der Waals surface area (Å²) in [5.74, 6) is -0.294. The van der Waals surface area contributed by atoms with Crippen LogP contribution in [0, 0.1) is 14.9 Å². The molecule has 0 amide bonds. The van der Waals surface area contributed by atoms with Crippen molar-refractivity contribution in [3.63, 3.8) is 0 Å². The molecule has 114 valence electrons. The Balaban J connectivity index is 2.22. The number of hydrogen-bond acceptors (Lipinski definition) is 4. The van der Waals surface area contributed by atoms with Crippen molar-refractivity contribution in [3.8, 4) is 11.8 Å². The first-order chi connectivity index (χ1) is 11.1. The first-order valence-corrected chi connectivity index (χ1v) is 8.08. The molecular weight excluding hydrogens is 405 g/mol. The standard InChI is InChI=1S/C17H12IN3O2/c1-2-13-15(14-5-3-4-6-21(14)20-13)17(23)10-7-11(9-19)16(22)12(18)8-10/h3-8,22H,2H2,1H3. The van der Waals surface area contributed by atoms with Gasteiger partial charge in [-0.15, -0.1) is 0 Å². The van der Waals surface area contributed by atoms with Gasteiger partial charge in [0.1, 0.15) is 11.8 Å². The molecule has 3 rings (SSSR count). The second-order valence-electron chi connectivity index (χ2n) is 5.00. The third-order valence-corrected chi connectivity index (χ3v) is 4.44. The first kappa shape index (κ1) is 15.5. The molecule has 2 heterocycles. The van der Waals surface area contributed by atoms with Gasteiger partial charge in [-0.2, -0.15) is 10.4 Å². The molecule has 0 bridgehead atoms. The zero-order valence-corrected chi connectivity index (χ0v) is 14.4. The van der Waals surface area contributed by atoms with E-state index >= 15 is 0 Å². The molecule has 2 aromatic heterocycles. The third-order valence-electron chi connectivity index (χ3n) is 3.62. The highest BCUT2D eigenvalue weighted by atomic mass is 127. The minimum absolute atomic E-state index is 0.0924. The number of fused-ring (bicyclic) bond motifs is 1. The minimum Gasteiger partial charge on any atom is -0.505 e. The molecule has 6 heteroatoms. The van der Waals surface area contributed by atoms with Crippen LogP contribution in [0.15, 0.2) is 36.5 Å². The first-order valence-electron chi connectivity index (χ1n) is 7.00. The molecule has 0 fully saturated rings. The van der Waals surface area contributed by atoms with Crippen LogP contribution in [0.3, 0.4) is 0 Å². The van der Waals surface area contributed by atoms with Crippen molar-refractivity contribution in [3.05, 3.63) is 62.5 Å². The van der Waals surface area contributed by atoms with Gasteiger partial charge in [0.15, 0.2) is 5.78 Å². The summed E-state index contributed by atoms with van der Waals surface area (Å²) in [6.07, 6.45) is 2.43. The molecule has 0 aliphatic rings. The lowest BCUT2D eigenvalue weighted by atomic mass is 9.99. The predicted octanol–water partition coefficient (Wildman–Crippen LogP) is 3.31. The van der Waals surface area contributed by atoms with E-state index in [0.717, 1.165) is 5.52 Å². The average Bonchev–Trinajstić information content (AvgIpc) is 2.95. The smallest absolute Gasteiger partial charge is 0.197 e. The molecule has 5 nitrogen and oxygen atoms in total. The molecule has 0 spiro atoms. The Kier molecular flexibility index (Phi) is 4.05. The summed E-state index contributed by atoms with van der Waals surface area (Å²) < 4.78 is 2.15. The molecule has 0 aliphatic heterocycles. The molecule has 3 aromatic rings. The number of carbonyl (C=O) groups is 1.